The molecule has 1 rings (SSSR count). The number of carbonyl (C=O) groups excluding carboxylic acids is 1. The molecule has 1 amide bonds. The molecule has 0 radical (unpaired) electrons. The van der Waals surface area contributed by atoms with Gasteiger partial charge in [0, 0.05) is 5.56 Å². The molecular weight excluding hydrogens is 182 g/mol. The average molecular weight is 191 g/mol. The third-order valence-electron chi connectivity index (χ3n) is 1.56. The van der Waals surface area contributed by atoms with Crippen LogP contribution in [0.25, 0.3) is 0 Å². The number of hydrogen-bond donors (Lipinski definition) is 2. The summed E-state index contributed by atoms with van der Waals surface area (Å²) < 4.78 is 4.70. The van der Waals surface area contributed by atoms with Gasteiger partial charge in [0.1, 0.15) is 6.07 Å². The highest BCUT2D eigenvalue weighted by molar-refractivity contribution is 5.67. The standard InChI is InChI=1S/C9H9N3O2/c10-6-8(14-9(13)12-11)7-4-2-1-3-5-7/h1-5,8H,11H2,(H,12,13). The Bertz CT molecular complexity index is 345. The molecular formula is C9H9N3O2. The number of hydrogen-bond acceptors (Lipinski definition) is 4. The summed E-state index contributed by atoms with van der Waals surface area (Å²) in [6.07, 6.45) is -1.76. The summed E-state index contributed by atoms with van der Waals surface area (Å²) in [6, 6.07) is 10.5. The summed E-state index contributed by atoms with van der Waals surface area (Å²) in [5.74, 6) is 4.82. The zero-order valence-electron chi connectivity index (χ0n) is 7.31. The first kappa shape index (κ1) is 10.0. The first-order valence-corrected chi connectivity index (χ1v) is 3.89. The van der Waals surface area contributed by atoms with Gasteiger partial charge in [0.15, 0.2) is 0 Å². The van der Waals surface area contributed by atoms with Crippen LogP contribution in [0.3, 0.4) is 0 Å². The van der Waals surface area contributed by atoms with E-state index in [0.29, 0.717) is 5.56 Å². The lowest BCUT2D eigenvalue weighted by atomic mass is 10.1. The van der Waals surface area contributed by atoms with Crippen molar-refractivity contribution >= 4 is 6.09 Å². The number of benzene rings is 1. The molecule has 0 heterocycles. The van der Waals surface area contributed by atoms with E-state index in [1.165, 1.54) is 0 Å². The smallest absolute Gasteiger partial charge is 0.423 e. The summed E-state index contributed by atoms with van der Waals surface area (Å²) in [5, 5.41) is 8.73. The predicted molar refractivity (Wildman–Crippen MR) is 48.6 cm³/mol. The normalized spacial score (nSPS) is 11.1. The zero-order chi connectivity index (χ0) is 10.4. The first-order valence-electron chi connectivity index (χ1n) is 3.89. The molecule has 1 aromatic rings. The quantitative estimate of drug-likeness (QED) is 0.412. The van der Waals surface area contributed by atoms with Crippen LogP contribution in [0.2, 0.25) is 0 Å². The van der Waals surface area contributed by atoms with Crippen LogP contribution in [0.15, 0.2) is 30.3 Å². The van der Waals surface area contributed by atoms with Crippen LogP contribution >= 0.6 is 0 Å². The van der Waals surface area contributed by atoms with Crippen molar-refractivity contribution in [1.29, 1.82) is 5.26 Å². The molecule has 0 saturated carbocycles. The second-order valence-electron chi connectivity index (χ2n) is 2.47. The molecule has 0 spiro atoms. The number of nitrogens with one attached hydrogen (secondary N) is 1. The van der Waals surface area contributed by atoms with Gasteiger partial charge < -0.3 is 4.74 Å². The van der Waals surface area contributed by atoms with E-state index in [4.69, 9.17) is 15.8 Å². The Labute approximate surface area is 81.1 Å². The number of carbonyl (C=O) groups is 1. The minimum atomic E-state index is -0.931. The lowest BCUT2D eigenvalue weighted by molar-refractivity contribution is 0.123. The number of rotatable bonds is 2. The molecule has 14 heavy (non-hydrogen) atoms. The van der Waals surface area contributed by atoms with E-state index < -0.39 is 12.2 Å². The van der Waals surface area contributed by atoms with Crippen molar-refractivity contribution in [1.82, 2.24) is 5.43 Å². The van der Waals surface area contributed by atoms with Gasteiger partial charge in [0.2, 0.25) is 6.10 Å². The maximum absolute atomic E-state index is 10.7. The summed E-state index contributed by atoms with van der Waals surface area (Å²) in [5.41, 5.74) is 2.40. The fraction of sp³-hybridized carbons (Fsp3) is 0.111. The van der Waals surface area contributed by atoms with Crippen LogP contribution in [0, 0.1) is 11.3 Å². The summed E-state index contributed by atoms with van der Waals surface area (Å²) in [4.78, 5) is 10.7. The lowest BCUT2D eigenvalue weighted by Gasteiger charge is -2.09. The van der Waals surface area contributed by atoms with Gasteiger partial charge in [-0.2, -0.15) is 5.26 Å². The average Bonchev–Trinajstić information content (AvgIpc) is 2.26. The van der Waals surface area contributed by atoms with Crippen LogP contribution in [0.5, 0.6) is 0 Å². The fourth-order valence-electron chi connectivity index (χ4n) is 0.938. The molecule has 0 aliphatic heterocycles. The summed E-state index contributed by atoms with van der Waals surface area (Å²) in [7, 11) is 0. The van der Waals surface area contributed by atoms with Crippen LogP contribution in [0.4, 0.5) is 4.79 Å². The van der Waals surface area contributed by atoms with E-state index in [0.717, 1.165) is 0 Å². The molecule has 0 bridgehead atoms. The maximum Gasteiger partial charge on any atom is 0.423 e. The molecule has 0 fully saturated rings. The molecule has 0 aliphatic carbocycles. The Morgan fingerprint density at radius 3 is 2.64 bits per heavy atom. The topological polar surface area (TPSA) is 88.1 Å². The van der Waals surface area contributed by atoms with Crippen molar-refractivity contribution in [2.45, 2.75) is 6.10 Å². The van der Waals surface area contributed by atoms with Gasteiger partial charge in [-0.1, -0.05) is 30.3 Å². The van der Waals surface area contributed by atoms with Gasteiger partial charge in [-0.3, -0.25) is 5.43 Å². The van der Waals surface area contributed by atoms with E-state index in [2.05, 4.69) is 0 Å². The van der Waals surface area contributed by atoms with Gasteiger partial charge in [0.05, 0.1) is 0 Å². The SMILES string of the molecule is N#CC(OC(=O)NN)c1ccccc1. The van der Waals surface area contributed by atoms with Gasteiger partial charge in [0.25, 0.3) is 0 Å². The van der Waals surface area contributed by atoms with E-state index >= 15 is 0 Å². The molecule has 5 heteroatoms. The van der Waals surface area contributed by atoms with E-state index in [1.54, 1.807) is 35.8 Å². The molecule has 0 aromatic heterocycles. The third-order valence-corrected chi connectivity index (χ3v) is 1.56. The van der Waals surface area contributed by atoms with Crippen molar-refractivity contribution in [3.63, 3.8) is 0 Å². The van der Waals surface area contributed by atoms with Crippen molar-refractivity contribution in [2.24, 2.45) is 5.84 Å². The predicted octanol–water partition coefficient (Wildman–Crippen LogP) is 0.851. The van der Waals surface area contributed by atoms with Crippen molar-refractivity contribution in [3.8, 4) is 6.07 Å². The van der Waals surface area contributed by atoms with E-state index in [1.807, 2.05) is 6.07 Å². The maximum atomic E-state index is 10.7. The largest absolute Gasteiger partial charge is 0.425 e. The van der Waals surface area contributed by atoms with Crippen LogP contribution in [-0.4, -0.2) is 6.09 Å². The second kappa shape index (κ2) is 4.84. The Kier molecular flexibility index (Phi) is 3.47. The van der Waals surface area contributed by atoms with Crippen LogP contribution in [-0.2, 0) is 4.74 Å². The molecule has 0 saturated heterocycles. The van der Waals surface area contributed by atoms with Gasteiger partial charge in [-0.25, -0.2) is 10.6 Å². The molecule has 5 nitrogen and oxygen atoms in total. The number of hydrazine groups is 1. The van der Waals surface area contributed by atoms with Crippen molar-refractivity contribution in [2.75, 3.05) is 0 Å². The Balaban J connectivity index is 2.74. The zero-order valence-corrected chi connectivity index (χ0v) is 7.31. The van der Waals surface area contributed by atoms with Crippen molar-refractivity contribution in [3.05, 3.63) is 35.9 Å². The Hall–Kier alpha value is -2.06. The number of nitrogens with zero attached hydrogens (tertiary/aromatic N) is 1. The van der Waals surface area contributed by atoms with E-state index in [-0.39, 0.29) is 0 Å². The molecule has 1 aromatic carbocycles. The minimum Gasteiger partial charge on any atom is -0.425 e. The highest BCUT2D eigenvalue weighted by Gasteiger charge is 2.14. The molecule has 3 N–H and O–H groups in total. The van der Waals surface area contributed by atoms with Crippen molar-refractivity contribution < 1.29 is 9.53 Å². The van der Waals surface area contributed by atoms with Crippen LogP contribution in [0.1, 0.15) is 11.7 Å². The monoisotopic (exact) mass is 191 g/mol. The highest BCUT2D eigenvalue weighted by atomic mass is 16.6. The molecule has 0 aliphatic rings. The number of amides is 1. The highest BCUT2D eigenvalue weighted by Crippen LogP contribution is 2.15. The lowest BCUT2D eigenvalue weighted by Crippen LogP contribution is -2.31. The Morgan fingerprint density at radius 2 is 2.14 bits per heavy atom. The summed E-state index contributed by atoms with van der Waals surface area (Å²) >= 11 is 0. The first-order chi connectivity index (χ1) is 6.77. The van der Waals surface area contributed by atoms with Crippen LogP contribution < -0.4 is 11.3 Å². The molecule has 1 unspecified atom stereocenters. The number of nitriles is 1. The molecule has 1 atom stereocenters. The Morgan fingerprint density at radius 1 is 1.50 bits per heavy atom. The van der Waals surface area contributed by atoms with E-state index in [9.17, 15) is 4.79 Å². The number of nitrogens with two attached hydrogens (primary N) is 1. The van der Waals surface area contributed by atoms with Gasteiger partial charge in [-0.05, 0) is 0 Å². The second-order valence-corrected chi connectivity index (χ2v) is 2.47. The van der Waals surface area contributed by atoms with Gasteiger partial charge in [-0.15, -0.1) is 0 Å². The summed E-state index contributed by atoms with van der Waals surface area (Å²) in [6.45, 7) is 0. The molecule has 72 valence electrons. The van der Waals surface area contributed by atoms with Gasteiger partial charge >= 0.3 is 6.09 Å². The fourth-order valence-corrected chi connectivity index (χ4v) is 0.938. The third kappa shape index (κ3) is 2.47. The number of ether oxygens (including phenoxy) is 1. The minimum absolute atomic E-state index is 0.610.